The molecule has 0 aliphatic carbocycles. The monoisotopic (exact) mass is 513 g/mol. The quantitative estimate of drug-likeness (QED) is 0.354. The number of likely N-dealkylation sites (tertiary alicyclic amines) is 1. The standard InChI is InChI=1S/C18H15Cl2F3N2.C7H13NO/c1-9-4-5-13(19)12(16(9)20)8-15-24-17-10(2)6-11(18(21,22)23)7-14(17)25(15)3;1-7-2-4-8(6-9)5-3-7/h4-7H,8H2,1-3H3;6-7H,2-5H2,1H3. The van der Waals surface area contributed by atoms with Crippen LogP contribution in [0.15, 0.2) is 24.3 Å². The van der Waals surface area contributed by atoms with Crippen molar-refractivity contribution in [3.63, 3.8) is 0 Å². The van der Waals surface area contributed by atoms with E-state index in [1.165, 1.54) is 12.8 Å². The molecule has 0 unspecified atom stereocenters. The summed E-state index contributed by atoms with van der Waals surface area (Å²) in [5.41, 5.74) is 2.38. The maximum Gasteiger partial charge on any atom is 0.416 e. The molecule has 1 aliphatic heterocycles. The van der Waals surface area contributed by atoms with Gasteiger partial charge in [0.05, 0.1) is 16.6 Å². The number of carbonyl (C=O) groups excluding carboxylic acids is 1. The van der Waals surface area contributed by atoms with Crippen molar-refractivity contribution in [3.05, 3.63) is 62.4 Å². The molecule has 184 valence electrons. The number of fused-ring (bicyclic) bond motifs is 1. The lowest BCUT2D eigenvalue weighted by molar-refractivity contribution is -0.137. The Kier molecular flexibility index (Phi) is 8.19. The van der Waals surface area contributed by atoms with E-state index in [1.807, 2.05) is 17.9 Å². The number of amides is 1. The van der Waals surface area contributed by atoms with Gasteiger partial charge in [-0.25, -0.2) is 4.98 Å². The number of carbonyl (C=O) groups is 1. The lowest BCUT2D eigenvalue weighted by atomic mass is 10.00. The van der Waals surface area contributed by atoms with E-state index >= 15 is 0 Å². The van der Waals surface area contributed by atoms with Gasteiger partial charge in [0, 0.05) is 36.6 Å². The molecule has 2 aromatic carbocycles. The third-order valence-electron chi connectivity index (χ3n) is 6.28. The summed E-state index contributed by atoms with van der Waals surface area (Å²) in [4.78, 5) is 16.6. The van der Waals surface area contributed by atoms with Crippen LogP contribution in [0.2, 0.25) is 10.0 Å². The topological polar surface area (TPSA) is 38.1 Å². The molecule has 0 saturated carbocycles. The molecule has 3 aromatic rings. The molecule has 0 bridgehead atoms. The summed E-state index contributed by atoms with van der Waals surface area (Å²) in [6.45, 7) is 7.66. The molecule has 9 heteroatoms. The van der Waals surface area contributed by atoms with Crippen molar-refractivity contribution in [3.8, 4) is 0 Å². The molecule has 0 spiro atoms. The van der Waals surface area contributed by atoms with Gasteiger partial charge >= 0.3 is 6.18 Å². The van der Waals surface area contributed by atoms with E-state index in [4.69, 9.17) is 23.2 Å². The van der Waals surface area contributed by atoms with Gasteiger partial charge in [-0.1, -0.05) is 36.2 Å². The second-order valence-corrected chi connectivity index (χ2v) is 9.69. The SMILES string of the molecule is CC1CCN(C=O)CC1.Cc1ccc(Cl)c(Cc2nc3c(C)cc(C(F)(F)F)cc3n2C)c1Cl. The molecule has 1 fully saturated rings. The van der Waals surface area contributed by atoms with Crippen molar-refractivity contribution >= 4 is 40.6 Å². The highest BCUT2D eigenvalue weighted by Crippen LogP contribution is 2.34. The zero-order chi connectivity index (χ0) is 25.2. The normalized spacial score (nSPS) is 14.8. The number of rotatable bonds is 3. The first kappa shape index (κ1) is 26.4. The Morgan fingerprint density at radius 2 is 1.76 bits per heavy atom. The lowest BCUT2D eigenvalue weighted by Crippen LogP contribution is -2.31. The number of benzene rings is 2. The number of nitrogens with zero attached hydrogens (tertiary/aromatic N) is 3. The van der Waals surface area contributed by atoms with Crippen molar-refractivity contribution < 1.29 is 18.0 Å². The number of alkyl halides is 3. The summed E-state index contributed by atoms with van der Waals surface area (Å²) in [6.07, 6.45) is -0.749. The molecular weight excluding hydrogens is 486 g/mol. The predicted molar refractivity (Wildman–Crippen MR) is 130 cm³/mol. The Hall–Kier alpha value is -2.25. The van der Waals surface area contributed by atoms with Crippen LogP contribution in [0.25, 0.3) is 11.0 Å². The summed E-state index contributed by atoms with van der Waals surface area (Å²) in [5.74, 6) is 1.42. The van der Waals surface area contributed by atoms with Crippen molar-refractivity contribution in [2.75, 3.05) is 13.1 Å². The highest BCUT2D eigenvalue weighted by molar-refractivity contribution is 6.36. The van der Waals surface area contributed by atoms with Gasteiger partial charge in [0.25, 0.3) is 0 Å². The lowest BCUT2D eigenvalue weighted by Gasteiger charge is -2.26. The van der Waals surface area contributed by atoms with E-state index < -0.39 is 11.7 Å². The maximum absolute atomic E-state index is 13.1. The Morgan fingerprint density at radius 1 is 1.12 bits per heavy atom. The molecule has 34 heavy (non-hydrogen) atoms. The van der Waals surface area contributed by atoms with E-state index in [0.29, 0.717) is 38.9 Å². The van der Waals surface area contributed by atoms with Gasteiger partial charge in [-0.3, -0.25) is 4.79 Å². The molecule has 4 nitrogen and oxygen atoms in total. The number of aromatic nitrogens is 2. The molecule has 1 amide bonds. The number of piperidine rings is 1. The maximum atomic E-state index is 13.1. The smallest absolute Gasteiger partial charge is 0.345 e. The zero-order valence-corrected chi connectivity index (χ0v) is 21.2. The Bertz CT molecular complexity index is 1180. The number of aryl methyl sites for hydroxylation is 3. The van der Waals surface area contributed by atoms with Gasteiger partial charge in [0.15, 0.2) is 0 Å². The Morgan fingerprint density at radius 3 is 2.35 bits per heavy atom. The van der Waals surface area contributed by atoms with E-state index in [-0.39, 0.29) is 0 Å². The molecule has 0 N–H and O–H groups in total. The fourth-order valence-electron chi connectivity index (χ4n) is 4.00. The van der Waals surface area contributed by atoms with Crippen LogP contribution in [0, 0.1) is 19.8 Å². The van der Waals surface area contributed by atoms with Gasteiger partial charge in [-0.15, -0.1) is 0 Å². The average molecular weight is 514 g/mol. The molecule has 0 radical (unpaired) electrons. The van der Waals surface area contributed by atoms with Crippen LogP contribution in [0.5, 0.6) is 0 Å². The van der Waals surface area contributed by atoms with Crippen LogP contribution in [-0.4, -0.2) is 34.0 Å². The third-order valence-corrected chi connectivity index (χ3v) is 7.16. The van der Waals surface area contributed by atoms with Gasteiger partial charge in [-0.05, 0) is 67.5 Å². The van der Waals surface area contributed by atoms with E-state index in [1.54, 1.807) is 24.6 Å². The number of hydrogen-bond acceptors (Lipinski definition) is 2. The fraction of sp³-hybridized carbons (Fsp3) is 0.440. The van der Waals surface area contributed by atoms with Crippen LogP contribution >= 0.6 is 23.2 Å². The molecule has 1 saturated heterocycles. The molecule has 0 atom stereocenters. The van der Waals surface area contributed by atoms with Crippen molar-refractivity contribution in [1.82, 2.24) is 14.5 Å². The first-order valence-electron chi connectivity index (χ1n) is 11.1. The third kappa shape index (κ3) is 5.87. The van der Waals surface area contributed by atoms with Crippen molar-refractivity contribution in [2.45, 2.75) is 46.2 Å². The van der Waals surface area contributed by atoms with Gasteiger partial charge in [0.1, 0.15) is 5.82 Å². The van der Waals surface area contributed by atoms with Crippen molar-refractivity contribution in [2.24, 2.45) is 13.0 Å². The fourth-order valence-corrected chi connectivity index (χ4v) is 4.50. The van der Waals surface area contributed by atoms with E-state index in [0.717, 1.165) is 48.7 Å². The van der Waals surface area contributed by atoms with Crippen LogP contribution in [0.1, 0.15) is 47.8 Å². The zero-order valence-electron chi connectivity index (χ0n) is 19.6. The summed E-state index contributed by atoms with van der Waals surface area (Å²) in [5, 5.41) is 1.06. The van der Waals surface area contributed by atoms with Gasteiger partial charge in [0.2, 0.25) is 6.41 Å². The minimum atomic E-state index is -4.40. The summed E-state index contributed by atoms with van der Waals surface area (Å²) in [7, 11) is 1.70. The molecular formula is C25H28Cl2F3N3O. The first-order valence-corrected chi connectivity index (χ1v) is 11.8. The molecule has 1 aromatic heterocycles. The van der Waals surface area contributed by atoms with Crippen LogP contribution < -0.4 is 0 Å². The Balaban J connectivity index is 0.000000302. The summed E-state index contributed by atoms with van der Waals surface area (Å²) < 4.78 is 40.9. The minimum absolute atomic E-state index is 0.339. The number of halogens is 5. The average Bonchev–Trinajstić information content (AvgIpc) is 3.10. The molecule has 4 rings (SSSR count). The van der Waals surface area contributed by atoms with Crippen molar-refractivity contribution in [1.29, 1.82) is 0 Å². The van der Waals surface area contributed by atoms with Crippen LogP contribution in [0.4, 0.5) is 13.2 Å². The van der Waals surface area contributed by atoms with E-state index in [9.17, 15) is 18.0 Å². The summed E-state index contributed by atoms with van der Waals surface area (Å²) in [6, 6.07) is 5.82. The first-order chi connectivity index (χ1) is 15.9. The largest absolute Gasteiger partial charge is 0.416 e. The molecule has 2 heterocycles. The minimum Gasteiger partial charge on any atom is -0.345 e. The van der Waals surface area contributed by atoms with Crippen LogP contribution in [0.3, 0.4) is 0 Å². The second kappa shape index (κ2) is 10.6. The predicted octanol–water partition coefficient (Wildman–Crippen LogP) is 6.98. The van der Waals surface area contributed by atoms with Crippen LogP contribution in [-0.2, 0) is 24.4 Å². The number of imidazole rings is 1. The summed E-state index contributed by atoms with van der Waals surface area (Å²) >= 11 is 12.6. The molecule has 1 aliphatic rings. The highest BCUT2D eigenvalue weighted by atomic mass is 35.5. The number of hydrogen-bond donors (Lipinski definition) is 0. The van der Waals surface area contributed by atoms with Gasteiger partial charge < -0.3 is 9.47 Å². The van der Waals surface area contributed by atoms with Gasteiger partial charge in [-0.2, -0.15) is 13.2 Å². The Labute approximate surface area is 207 Å². The highest BCUT2D eigenvalue weighted by Gasteiger charge is 2.32. The second-order valence-electron chi connectivity index (χ2n) is 8.90. The van der Waals surface area contributed by atoms with E-state index in [2.05, 4.69) is 11.9 Å².